The van der Waals surface area contributed by atoms with E-state index in [0.717, 1.165) is 52.7 Å². The van der Waals surface area contributed by atoms with Crippen LogP contribution in [0, 0.1) is 5.41 Å². The van der Waals surface area contributed by atoms with Gasteiger partial charge in [-0.3, -0.25) is 10.4 Å². The molecule has 2 aromatic rings. The number of rotatable bonds is 2. The van der Waals surface area contributed by atoms with Crippen LogP contribution in [0.1, 0.15) is 29.7 Å². The Morgan fingerprint density at radius 2 is 2.11 bits per heavy atom. The summed E-state index contributed by atoms with van der Waals surface area (Å²) in [6, 6.07) is 5.76. The van der Waals surface area contributed by atoms with Gasteiger partial charge in [0.05, 0.1) is 12.6 Å². The lowest BCUT2D eigenvalue weighted by Crippen LogP contribution is -2.19. The topological polar surface area (TPSA) is 72.0 Å². The molecule has 3 rings (SSSR count). The molecule has 4 nitrogen and oxygen atoms in total. The number of pyridine rings is 1. The maximum Gasteiger partial charge on any atom is 0.123 e. The Balaban J connectivity index is 2.36. The molecule has 1 heterocycles. The van der Waals surface area contributed by atoms with Crippen molar-refractivity contribution in [2.75, 3.05) is 7.11 Å². The molecule has 0 saturated carbocycles. The molecule has 3 N–H and O–H groups in total. The van der Waals surface area contributed by atoms with Crippen molar-refractivity contribution in [3.8, 4) is 5.75 Å². The Morgan fingerprint density at radius 3 is 2.84 bits per heavy atom. The second-order valence-corrected chi connectivity index (χ2v) is 4.92. The maximum absolute atomic E-state index is 7.89. The summed E-state index contributed by atoms with van der Waals surface area (Å²) in [6.07, 6.45) is 4.26. The van der Waals surface area contributed by atoms with Crippen LogP contribution in [0.25, 0.3) is 10.9 Å². The predicted octanol–water partition coefficient (Wildman–Crippen LogP) is 2.41. The summed E-state index contributed by atoms with van der Waals surface area (Å²) in [4.78, 5) is 4.73. The third-order valence-corrected chi connectivity index (χ3v) is 3.74. The van der Waals surface area contributed by atoms with Crippen LogP contribution in [0.2, 0.25) is 0 Å². The number of nitrogens with one attached hydrogen (secondary N) is 1. The van der Waals surface area contributed by atoms with Crippen molar-refractivity contribution < 1.29 is 4.74 Å². The molecule has 0 radical (unpaired) electrons. The van der Waals surface area contributed by atoms with E-state index in [1.54, 1.807) is 7.11 Å². The molecular weight excluding hydrogens is 238 g/mol. The summed E-state index contributed by atoms with van der Waals surface area (Å²) < 4.78 is 5.26. The van der Waals surface area contributed by atoms with E-state index in [4.69, 9.17) is 20.9 Å². The number of ether oxygens (including phenoxy) is 1. The number of amidine groups is 1. The number of hydrogen-bond acceptors (Lipinski definition) is 3. The molecule has 1 aliphatic rings. The standard InChI is InChI=1S/C15H17N3O/c1-19-9-6-7-13-11(8-9)14(15(16)17)10-4-2-3-5-12(10)18-13/h6-8H,2-5H2,1H3,(H3,16,17). The highest BCUT2D eigenvalue weighted by Gasteiger charge is 2.19. The van der Waals surface area contributed by atoms with E-state index < -0.39 is 0 Å². The number of aromatic nitrogens is 1. The molecule has 0 atom stereocenters. The Kier molecular flexibility index (Phi) is 2.85. The minimum absolute atomic E-state index is 0.124. The molecule has 19 heavy (non-hydrogen) atoms. The third-order valence-electron chi connectivity index (χ3n) is 3.74. The highest BCUT2D eigenvalue weighted by atomic mass is 16.5. The first-order valence-corrected chi connectivity index (χ1v) is 6.54. The Bertz CT molecular complexity index is 664. The largest absolute Gasteiger partial charge is 0.497 e. The van der Waals surface area contributed by atoms with Crippen LogP contribution in [0.15, 0.2) is 18.2 Å². The van der Waals surface area contributed by atoms with Crippen LogP contribution in [-0.2, 0) is 12.8 Å². The highest BCUT2D eigenvalue weighted by Crippen LogP contribution is 2.30. The summed E-state index contributed by atoms with van der Waals surface area (Å²) in [5.41, 5.74) is 9.81. The van der Waals surface area contributed by atoms with Crippen molar-refractivity contribution in [2.45, 2.75) is 25.7 Å². The van der Waals surface area contributed by atoms with E-state index in [2.05, 4.69) is 0 Å². The van der Waals surface area contributed by atoms with Gasteiger partial charge < -0.3 is 10.5 Å². The van der Waals surface area contributed by atoms with Gasteiger partial charge in [0.2, 0.25) is 0 Å². The van der Waals surface area contributed by atoms with Gasteiger partial charge in [-0.2, -0.15) is 0 Å². The van der Waals surface area contributed by atoms with E-state index in [1.807, 2.05) is 18.2 Å². The van der Waals surface area contributed by atoms with Crippen molar-refractivity contribution in [2.24, 2.45) is 5.73 Å². The van der Waals surface area contributed by atoms with E-state index in [1.165, 1.54) is 6.42 Å². The fraction of sp³-hybridized carbons (Fsp3) is 0.333. The molecule has 1 aromatic heterocycles. The number of hydrogen-bond donors (Lipinski definition) is 2. The van der Waals surface area contributed by atoms with Crippen molar-refractivity contribution in [1.29, 1.82) is 5.41 Å². The molecule has 0 saturated heterocycles. The van der Waals surface area contributed by atoms with Gasteiger partial charge in [0.1, 0.15) is 11.6 Å². The molecule has 0 unspecified atom stereocenters. The highest BCUT2D eigenvalue weighted by molar-refractivity contribution is 6.08. The van der Waals surface area contributed by atoms with Crippen LogP contribution in [0.5, 0.6) is 5.75 Å². The first-order valence-electron chi connectivity index (χ1n) is 6.54. The molecule has 1 aliphatic carbocycles. The zero-order chi connectivity index (χ0) is 13.4. The minimum atomic E-state index is 0.124. The molecule has 98 valence electrons. The van der Waals surface area contributed by atoms with Gasteiger partial charge >= 0.3 is 0 Å². The third kappa shape index (κ3) is 1.93. The number of methoxy groups -OCH3 is 1. The van der Waals surface area contributed by atoms with Gasteiger partial charge in [-0.1, -0.05) is 0 Å². The van der Waals surface area contributed by atoms with Gasteiger partial charge in [0.25, 0.3) is 0 Å². The molecule has 1 aromatic carbocycles. The number of nitrogens with zero attached hydrogens (tertiary/aromatic N) is 1. The van der Waals surface area contributed by atoms with Gasteiger partial charge in [0.15, 0.2) is 0 Å². The number of benzene rings is 1. The number of fused-ring (bicyclic) bond motifs is 2. The first-order chi connectivity index (χ1) is 9.20. The monoisotopic (exact) mass is 255 g/mol. The fourth-order valence-electron chi connectivity index (χ4n) is 2.84. The molecule has 0 bridgehead atoms. The number of nitrogen functional groups attached to an aromatic ring is 1. The van der Waals surface area contributed by atoms with Crippen LogP contribution < -0.4 is 10.5 Å². The van der Waals surface area contributed by atoms with Crippen LogP contribution in [-0.4, -0.2) is 17.9 Å². The minimum Gasteiger partial charge on any atom is -0.497 e. The lowest BCUT2D eigenvalue weighted by atomic mass is 9.89. The zero-order valence-corrected chi connectivity index (χ0v) is 11.0. The smallest absolute Gasteiger partial charge is 0.123 e. The SMILES string of the molecule is COc1ccc2nc3c(c(C(=N)N)c2c1)CCCC3. The van der Waals surface area contributed by atoms with Gasteiger partial charge in [-0.25, -0.2) is 0 Å². The predicted molar refractivity (Wildman–Crippen MR) is 76.0 cm³/mol. The summed E-state index contributed by atoms with van der Waals surface area (Å²) in [6.45, 7) is 0. The molecule has 0 spiro atoms. The summed E-state index contributed by atoms with van der Waals surface area (Å²) in [7, 11) is 1.64. The molecule has 0 amide bonds. The lowest BCUT2D eigenvalue weighted by molar-refractivity contribution is 0.415. The van der Waals surface area contributed by atoms with Crippen LogP contribution in [0.3, 0.4) is 0 Å². The van der Waals surface area contributed by atoms with Crippen molar-refractivity contribution in [1.82, 2.24) is 4.98 Å². The second-order valence-electron chi connectivity index (χ2n) is 4.92. The Hall–Kier alpha value is -2.10. The molecule has 4 heteroatoms. The summed E-state index contributed by atoms with van der Waals surface area (Å²) in [5.74, 6) is 0.895. The van der Waals surface area contributed by atoms with Gasteiger partial charge in [0, 0.05) is 16.6 Å². The van der Waals surface area contributed by atoms with E-state index in [-0.39, 0.29) is 5.84 Å². The fourth-order valence-corrected chi connectivity index (χ4v) is 2.84. The van der Waals surface area contributed by atoms with Gasteiger partial charge in [-0.05, 0) is 49.4 Å². The zero-order valence-electron chi connectivity index (χ0n) is 11.0. The summed E-state index contributed by atoms with van der Waals surface area (Å²) in [5, 5.41) is 8.82. The van der Waals surface area contributed by atoms with Gasteiger partial charge in [-0.15, -0.1) is 0 Å². The van der Waals surface area contributed by atoms with E-state index in [9.17, 15) is 0 Å². The first kappa shape index (κ1) is 12.0. The molecular formula is C15H17N3O. The molecule has 0 aliphatic heterocycles. The normalized spacial score (nSPS) is 14.2. The van der Waals surface area contributed by atoms with Crippen LogP contribution in [0.4, 0.5) is 0 Å². The average Bonchev–Trinajstić information content (AvgIpc) is 2.43. The Morgan fingerprint density at radius 1 is 1.32 bits per heavy atom. The van der Waals surface area contributed by atoms with Crippen molar-refractivity contribution in [3.05, 3.63) is 35.0 Å². The summed E-state index contributed by atoms with van der Waals surface area (Å²) >= 11 is 0. The van der Waals surface area contributed by atoms with E-state index in [0.29, 0.717) is 0 Å². The maximum atomic E-state index is 7.89. The number of nitrogens with two attached hydrogens (primary N) is 1. The van der Waals surface area contributed by atoms with Crippen molar-refractivity contribution >= 4 is 16.7 Å². The quantitative estimate of drug-likeness (QED) is 0.639. The Labute approximate surface area is 112 Å². The van der Waals surface area contributed by atoms with Crippen molar-refractivity contribution in [3.63, 3.8) is 0 Å². The van der Waals surface area contributed by atoms with Crippen LogP contribution >= 0.6 is 0 Å². The lowest BCUT2D eigenvalue weighted by Gasteiger charge is -2.20. The number of aryl methyl sites for hydroxylation is 1. The second kappa shape index (κ2) is 4.53. The van der Waals surface area contributed by atoms with E-state index >= 15 is 0 Å². The average molecular weight is 255 g/mol. The molecule has 0 fully saturated rings.